The summed E-state index contributed by atoms with van der Waals surface area (Å²) in [6.45, 7) is 0.212. The zero-order valence-electron chi connectivity index (χ0n) is 20.8. The minimum Gasteiger partial charge on any atom is -0.448 e. The minimum absolute atomic E-state index is 0.0517. The molecule has 3 aliphatic rings. The van der Waals surface area contributed by atoms with Crippen LogP contribution in [0.15, 0.2) is 72.8 Å². The fraction of sp³-hybridized carbons (Fsp3) is 0.355. The molecule has 0 radical (unpaired) electrons. The third-order valence-corrected chi connectivity index (χ3v) is 8.39. The van der Waals surface area contributed by atoms with E-state index in [0.29, 0.717) is 25.7 Å². The quantitative estimate of drug-likeness (QED) is 0.336. The molecule has 2 saturated heterocycles. The molecule has 6 rings (SSSR count). The van der Waals surface area contributed by atoms with Crippen LogP contribution in [-0.2, 0) is 10.9 Å². The third-order valence-electron chi connectivity index (χ3n) is 8.39. The van der Waals surface area contributed by atoms with E-state index in [-0.39, 0.29) is 30.2 Å². The zero-order valence-corrected chi connectivity index (χ0v) is 20.8. The Morgan fingerprint density at radius 1 is 0.816 bits per heavy atom. The van der Waals surface area contributed by atoms with Gasteiger partial charge in [0.15, 0.2) is 5.78 Å². The summed E-state index contributed by atoms with van der Waals surface area (Å²) in [5.74, 6) is -1.09. The Kier molecular flexibility index (Phi) is 6.25. The lowest BCUT2D eigenvalue weighted by atomic mass is 9.75. The van der Waals surface area contributed by atoms with Crippen molar-refractivity contribution >= 4 is 11.9 Å². The number of halogens is 3. The number of rotatable bonds is 4. The van der Waals surface area contributed by atoms with Gasteiger partial charge in [-0.15, -0.1) is 0 Å². The number of carbonyl (C=O) groups excluding carboxylic acids is 2. The van der Waals surface area contributed by atoms with Crippen LogP contribution in [0.1, 0.15) is 65.1 Å². The van der Waals surface area contributed by atoms with Crippen LogP contribution >= 0.6 is 0 Å². The Morgan fingerprint density at radius 2 is 1.37 bits per heavy atom. The van der Waals surface area contributed by atoms with E-state index < -0.39 is 29.5 Å². The van der Waals surface area contributed by atoms with Crippen molar-refractivity contribution in [2.75, 3.05) is 6.61 Å². The number of ketones is 1. The lowest BCUT2D eigenvalue weighted by Gasteiger charge is -2.47. The standard InChI is InChI=1S/C31H28F3NO3/c32-31(33,34)28-15-6-5-14-26(28)29(36)19-16-20-8-7-9-21(17-19)35(20)30(37)38-18-27-24-12-3-1-10-22(24)23-11-2-4-13-25(23)27/h1-6,10-15,19-21,27H,7-9,16-18H2. The van der Waals surface area contributed by atoms with Gasteiger partial charge in [-0.3, -0.25) is 4.79 Å². The number of nitrogens with zero attached hydrogens (tertiary/aromatic N) is 1. The fourth-order valence-corrected chi connectivity index (χ4v) is 6.73. The smallest absolute Gasteiger partial charge is 0.417 e. The second-order valence-corrected chi connectivity index (χ2v) is 10.5. The molecule has 2 unspecified atom stereocenters. The molecular weight excluding hydrogens is 491 g/mol. The van der Waals surface area contributed by atoms with E-state index in [9.17, 15) is 22.8 Å². The molecule has 3 aromatic carbocycles. The van der Waals surface area contributed by atoms with Gasteiger partial charge in [-0.1, -0.05) is 66.7 Å². The molecule has 1 amide bonds. The lowest BCUT2D eigenvalue weighted by Crippen LogP contribution is -2.56. The second-order valence-electron chi connectivity index (χ2n) is 10.5. The summed E-state index contributed by atoms with van der Waals surface area (Å²) < 4.78 is 46.6. The topological polar surface area (TPSA) is 46.6 Å². The molecule has 0 saturated carbocycles. The Labute approximate surface area is 219 Å². The van der Waals surface area contributed by atoms with Gasteiger partial charge >= 0.3 is 12.3 Å². The Morgan fingerprint density at radius 3 is 1.97 bits per heavy atom. The predicted molar refractivity (Wildman–Crippen MR) is 137 cm³/mol. The van der Waals surface area contributed by atoms with Crippen LogP contribution in [0.5, 0.6) is 0 Å². The van der Waals surface area contributed by atoms with Crippen LogP contribution in [0.2, 0.25) is 0 Å². The van der Waals surface area contributed by atoms with Crippen molar-refractivity contribution in [3.05, 3.63) is 95.1 Å². The molecular formula is C31H28F3NO3. The summed E-state index contributed by atoms with van der Waals surface area (Å²) in [4.78, 5) is 28.4. The summed E-state index contributed by atoms with van der Waals surface area (Å²) in [6.07, 6.45) is -1.94. The molecule has 2 aliphatic heterocycles. The first-order valence-electron chi connectivity index (χ1n) is 13.2. The fourth-order valence-electron chi connectivity index (χ4n) is 6.73. The number of ether oxygens (including phenoxy) is 1. The molecule has 0 aromatic heterocycles. The normalized spacial score (nSPS) is 22.5. The molecule has 7 heteroatoms. The zero-order chi connectivity index (χ0) is 26.4. The van der Waals surface area contributed by atoms with Gasteiger partial charge < -0.3 is 9.64 Å². The highest BCUT2D eigenvalue weighted by atomic mass is 19.4. The van der Waals surface area contributed by atoms with Crippen LogP contribution in [0.3, 0.4) is 0 Å². The summed E-state index contributed by atoms with van der Waals surface area (Å²) in [6, 6.07) is 20.8. The largest absolute Gasteiger partial charge is 0.448 e. The number of hydrogen-bond donors (Lipinski definition) is 0. The van der Waals surface area contributed by atoms with Crippen LogP contribution < -0.4 is 0 Å². The van der Waals surface area contributed by atoms with E-state index in [1.54, 1.807) is 4.90 Å². The maximum Gasteiger partial charge on any atom is 0.417 e. The van der Waals surface area contributed by atoms with E-state index in [2.05, 4.69) is 24.3 Å². The first kappa shape index (κ1) is 24.7. The van der Waals surface area contributed by atoms with Gasteiger partial charge in [0.25, 0.3) is 0 Å². The Balaban J connectivity index is 1.18. The molecule has 2 fully saturated rings. The monoisotopic (exact) mass is 519 g/mol. The van der Waals surface area contributed by atoms with Crippen LogP contribution in [-0.4, -0.2) is 35.5 Å². The van der Waals surface area contributed by atoms with Crippen molar-refractivity contribution in [1.82, 2.24) is 4.90 Å². The molecule has 0 N–H and O–H groups in total. The van der Waals surface area contributed by atoms with E-state index in [1.165, 1.54) is 18.2 Å². The van der Waals surface area contributed by atoms with Gasteiger partial charge in [0, 0.05) is 29.5 Å². The van der Waals surface area contributed by atoms with Crippen molar-refractivity contribution < 1.29 is 27.5 Å². The molecule has 4 nitrogen and oxygen atoms in total. The summed E-state index contributed by atoms with van der Waals surface area (Å²) in [7, 11) is 0. The van der Waals surface area contributed by atoms with Crippen LogP contribution in [0, 0.1) is 5.92 Å². The van der Waals surface area contributed by atoms with Gasteiger partial charge in [-0.05, 0) is 60.4 Å². The average Bonchev–Trinajstić information content (AvgIpc) is 3.23. The third kappa shape index (κ3) is 4.28. The number of fused-ring (bicyclic) bond motifs is 5. The molecule has 2 bridgehead atoms. The number of amides is 1. The second kappa shape index (κ2) is 9.61. The molecule has 2 atom stereocenters. The maximum atomic E-state index is 13.6. The van der Waals surface area contributed by atoms with Crippen molar-refractivity contribution in [3.63, 3.8) is 0 Å². The van der Waals surface area contributed by atoms with Crippen molar-refractivity contribution in [2.45, 2.75) is 56.3 Å². The summed E-state index contributed by atoms with van der Waals surface area (Å²) in [5, 5.41) is 0. The number of benzene rings is 3. The first-order chi connectivity index (χ1) is 18.3. The SMILES string of the molecule is O=C(c1ccccc1C(F)(F)F)C1CC2CCCC(C1)N2C(=O)OCC1c2ccccc2-c2ccccc21. The molecule has 3 aromatic rings. The highest BCUT2D eigenvalue weighted by molar-refractivity contribution is 5.99. The molecule has 196 valence electrons. The van der Waals surface area contributed by atoms with E-state index in [1.807, 2.05) is 24.3 Å². The number of carbonyl (C=O) groups is 2. The highest BCUT2D eigenvalue weighted by Crippen LogP contribution is 2.45. The van der Waals surface area contributed by atoms with Crippen molar-refractivity contribution in [1.29, 1.82) is 0 Å². The predicted octanol–water partition coefficient (Wildman–Crippen LogP) is 7.47. The summed E-state index contributed by atoms with van der Waals surface area (Å²) in [5.41, 5.74) is 3.40. The number of Topliss-reactive ketones (excluding diaryl/α,β-unsaturated/α-hetero) is 1. The molecule has 2 heterocycles. The minimum atomic E-state index is -4.59. The van der Waals surface area contributed by atoms with Gasteiger partial charge in [0.1, 0.15) is 6.61 Å². The van der Waals surface area contributed by atoms with E-state index >= 15 is 0 Å². The highest BCUT2D eigenvalue weighted by Gasteiger charge is 2.45. The number of alkyl halides is 3. The average molecular weight is 520 g/mol. The Hall–Kier alpha value is -3.61. The van der Waals surface area contributed by atoms with E-state index in [4.69, 9.17) is 4.74 Å². The van der Waals surface area contributed by atoms with Crippen molar-refractivity contribution in [2.24, 2.45) is 5.92 Å². The first-order valence-corrected chi connectivity index (χ1v) is 13.2. The van der Waals surface area contributed by atoms with Crippen LogP contribution in [0.25, 0.3) is 11.1 Å². The van der Waals surface area contributed by atoms with Crippen LogP contribution in [0.4, 0.5) is 18.0 Å². The summed E-state index contributed by atoms with van der Waals surface area (Å²) >= 11 is 0. The van der Waals surface area contributed by atoms with Gasteiger partial charge in [0.05, 0.1) is 5.56 Å². The van der Waals surface area contributed by atoms with Crippen molar-refractivity contribution in [3.8, 4) is 11.1 Å². The number of piperidine rings is 2. The Bertz CT molecular complexity index is 1330. The number of hydrogen-bond acceptors (Lipinski definition) is 3. The van der Waals surface area contributed by atoms with Gasteiger partial charge in [-0.25, -0.2) is 4.79 Å². The molecule has 0 spiro atoms. The molecule has 1 aliphatic carbocycles. The van der Waals surface area contributed by atoms with Gasteiger partial charge in [0.2, 0.25) is 0 Å². The maximum absolute atomic E-state index is 13.6. The molecule has 38 heavy (non-hydrogen) atoms. The van der Waals surface area contributed by atoms with Gasteiger partial charge in [-0.2, -0.15) is 13.2 Å². The lowest BCUT2D eigenvalue weighted by molar-refractivity contribution is -0.138. The van der Waals surface area contributed by atoms with E-state index in [0.717, 1.165) is 34.7 Å².